The average Bonchev–Trinajstić information content (AvgIpc) is 2.47. The second-order valence-electron chi connectivity index (χ2n) is 4.92. The van der Waals surface area contributed by atoms with Crippen molar-refractivity contribution in [2.24, 2.45) is 0 Å². The maximum Gasteiger partial charge on any atom is 0.145 e. The zero-order chi connectivity index (χ0) is 14.5. The number of rotatable bonds is 5. The second kappa shape index (κ2) is 7.29. The van der Waals surface area contributed by atoms with Crippen LogP contribution < -0.4 is 5.32 Å². The van der Waals surface area contributed by atoms with E-state index in [9.17, 15) is 8.78 Å². The summed E-state index contributed by atoms with van der Waals surface area (Å²) in [6.45, 7) is 7.00. The minimum absolute atomic E-state index is 0.170. The van der Waals surface area contributed by atoms with Gasteiger partial charge in [0, 0.05) is 37.8 Å². The van der Waals surface area contributed by atoms with Gasteiger partial charge in [-0.2, -0.15) is 0 Å². The maximum absolute atomic E-state index is 14.3. The lowest BCUT2D eigenvalue weighted by molar-refractivity contribution is 0.159. The van der Waals surface area contributed by atoms with Gasteiger partial charge in [-0.15, -0.1) is 6.58 Å². The van der Waals surface area contributed by atoms with Crippen molar-refractivity contribution in [3.05, 3.63) is 46.5 Å². The summed E-state index contributed by atoms with van der Waals surface area (Å²) in [6, 6.07) is 2.50. The molecule has 0 aliphatic carbocycles. The number of hydrogen-bond acceptors (Lipinski definition) is 2. The number of nitrogens with zero attached hydrogens (tertiary/aromatic N) is 1. The predicted molar refractivity (Wildman–Crippen MR) is 80.7 cm³/mol. The first-order valence-corrected chi connectivity index (χ1v) is 7.63. The monoisotopic (exact) mass is 344 g/mol. The minimum atomic E-state index is -0.488. The maximum atomic E-state index is 14.3. The Morgan fingerprint density at radius 3 is 2.70 bits per heavy atom. The van der Waals surface area contributed by atoms with Crippen LogP contribution in [0.1, 0.15) is 24.4 Å². The van der Waals surface area contributed by atoms with Crippen LogP contribution in [0.5, 0.6) is 0 Å². The molecule has 1 N–H and O–H groups in total. The Bertz CT molecular complexity index is 473. The fraction of sp³-hybridized carbons (Fsp3) is 0.467. The molecule has 0 bridgehead atoms. The van der Waals surface area contributed by atoms with E-state index in [0.717, 1.165) is 32.6 Å². The van der Waals surface area contributed by atoms with Crippen LogP contribution in [0, 0.1) is 11.6 Å². The zero-order valence-corrected chi connectivity index (χ0v) is 12.9. The van der Waals surface area contributed by atoms with Gasteiger partial charge in [0.05, 0.1) is 4.47 Å². The summed E-state index contributed by atoms with van der Waals surface area (Å²) in [5.41, 5.74) is 0.170. The molecule has 1 heterocycles. The van der Waals surface area contributed by atoms with Gasteiger partial charge in [-0.05, 0) is 40.9 Å². The van der Waals surface area contributed by atoms with Crippen molar-refractivity contribution in [1.82, 2.24) is 10.2 Å². The van der Waals surface area contributed by atoms with Crippen LogP contribution in [0.4, 0.5) is 8.78 Å². The molecule has 1 aliphatic heterocycles. The molecule has 2 rings (SSSR count). The summed E-state index contributed by atoms with van der Waals surface area (Å²) in [5, 5.41) is 3.26. The van der Waals surface area contributed by atoms with Crippen molar-refractivity contribution < 1.29 is 8.78 Å². The second-order valence-corrected chi connectivity index (χ2v) is 5.78. The lowest BCUT2D eigenvalue weighted by atomic mass is 9.98. The third-order valence-corrected chi connectivity index (χ3v) is 4.26. The Morgan fingerprint density at radius 1 is 1.35 bits per heavy atom. The Balaban J connectivity index is 2.34. The number of nitrogens with one attached hydrogen (secondary N) is 1. The minimum Gasteiger partial charge on any atom is -0.314 e. The molecular formula is C15H19BrF2N2. The third kappa shape index (κ3) is 3.45. The van der Waals surface area contributed by atoms with Gasteiger partial charge in [0.25, 0.3) is 0 Å². The number of hydrogen-bond donors (Lipinski definition) is 1. The molecule has 0 saturated carbocycles. The molecule has 1 aromatic carbocycles. The van der Waals surface area contributed by atoms with Crippen molar-refractivity contribution in [2.45, 2.75) is 18.9 Å². The van der Waals surface area contributed by atoms with Gasteiger partial charge in [-0.3, -0.25) is 4.90 Å². The molecule has 1 saturated heterocycles. The number of allylic oxidation sites excluding steroid dienone is 1. The van der Waals surface area contributed by atoms with E-state index in [1.807, 2.05) is 0 Å². The van der Waals surface area contributed by atoms with E-state index < -0.39 is 11.6 Å². The highest BCUT2D eigenvalue weighted by Crippen LogP contribution is 2.33. The van der Waals surface area contributed by atoms with Crippen molar-refractivity contribution in [2.75, 3.05) is 26.2 Å². The highest BCUT2D eigenvalue weighted by atomic mass is 79.9. The smallest absolute Gasteiger partial charge is 0.145 e. The summed E-state index contributed by atoms with van der Waals surface area (Å²) in [6.07, 6.45) is 3.21. The van der Waals surface area contributed by atoms with Crippen LogP contribution in [0.2, 0.25) is 0 Å². The Morgan fingerprint density at radius 2 is 2.05 bits per heavy atom. The molecular weight excluding hydrogens is 326 g/mol. The molecule has 5 heteroatoms. The van der Waals surface area contributed by atoms with E-state index in [0.29, 0.717) is 10.9 Å². The van der Waals surface area contributed by atoms with Crippen LogP contribution >= 0.6 is 15.9 Å². The van der Waals surface area contributed by atoms with Gasteiger partial charge in [-0.1, -0.05) is 6.08 Å². The van der Waals surface area contributed by atoms with Crippen molar-refractivity contribution in [1.29, 1.82) is 0 Å². The predicted octanol–water partition coefficient (Wildman–Crippen LogP) is 3.64. The highest BCUT2D eigenvalue weighted by Gasteiger charge is 2.27. The normalized spacial score (nSPS) is 17.9. The van der Waals surface area contributed by atoms with Crippen LogP contribution in [0.25, 0.3) is 0 Å². The van der Waals surface area contributed by atoms with Crippen LogP contribution in [-0.2, 0) is 0 Å². The summed E-state index contributed by atoms with van der Waals surface area (Å²) < 4.78 is 28.8. The largest absolute Gasteiger partial charge is 0.314 e. The first kappa shape index (κ1) is 15.6. The van der Waals surface area contributed by atoms with E-state index >= 15 is 0 Å². The molecule has 0 unspecified atom stereocenters. The molecule has 1 aliphatic rings. The van der Waals surface area contributed by atoms with Gasteiger partial charge in [0.2, 0.25) is 0 Å². The van der Waals surface area contributed by atoms with Gasteiger partial charge in [0.1, 0.15) is 11.6 Å². The van der Waals surface area contributed by atoms with Crippen molar-refractivity contribution in [3.63, 3.8) is 0 Å². The van der Waals surface area contributed by atoms with Gasteiger partial charge in [0.15, 0.2) is 0 Å². The highest BCUT2D eigenvalue weighted by molar-refractivity contribution is 9.10. The molecule has 2 nitrogen and oxygen atoms in total. The van der Waals surface area contributed by atoms with E-state index in [1.54, 1.807) is 6.08 Å². The fourth-order valence-corrected chi connectivity index (χ4v) is 2.97. The quantitative estimate of drug-likeness (QED) is 0.648. The van der Waals surface area contributed by atoms with Crippen LogP contribution in [0.15, 0.2) is 29.3 Å². The molecule has 1 aromatic rings. The molecule has 0 radical (unpaired) electrons. The SMILES string of the molecule is C=CCC[C@H](c1c(F)ccc(Br)c1F)N1CCNCC1. The van der Waals surface area contributed by atoms with Gasteiger partial charge in [-0.25, -0.2) is 8.78 Å². The topological polar surface area (TPSA) is 15.3 Å². The first-order valence-electron chi connectivity index (χ1n) is 6.84. The Labute approximate surface area is 127 Å². The molecule has 20 heavy (non-hydrogen) atoms. The Kier molecular flexibility index (Phi) is 5.69. The summed E-state index contributed by atoms with van der Waals surface area (Å²) in [5.74, 6) is -0.962. The van der Waals surface area contributed by atoms with E-state index in [-0.39, 0.29) is 11.6 Å². The fourth-order valence-electron chi connectivity index (χ4n) is 2.63. The molecule has 0 aromatic heterocycles. The van der Waals surface area contributed by atoms with E-state index in [2.05, 4.69) is 32.7 Å². The average molecular weight is 345 g/mol. The molecule has 0 amide bonds. The van der Waals surface area contributed by atoms with Gasteiger partial charge < -0.3 is 5.32 Å². The standard InChI is InChI=1S/C15H19BrF2N2/c1-2-3-4-13(20-9-7-19-8-10-20)14-12(17)6-5-11(16)15(14)18/h2,5-6,13,19H,1,3-4,7-10H2/t13-/m1/s1. The molecule has 0 spiro atoms. The van der Waals surface area contributed by atoms with Crippen molar-refractivity contribution in [3.8, 4) is 0 Å². The first-order chi connectivity index (χ1) is 9.65. The van der Waals surface area contributed by atoms with E-state index in [4.69, 9.17) is 0 Å². The summed E-state index contributed by atoms with van der Waals surface area (Å²) >= 11 is 3.15. The number of halogens is 3. The van der Waals surface area contributed by atoms with Crippen LogP contribution in [0.3, 0.4) is 0 Å². The lowest BCUT2D eigenvalue weighted by Gasteiger charge is -2.35. The third-order valence-electron chi connectivity index (χ3n) is 3.65. The lowest BCUT2D eigenvalue weighted by Crippen LogP contribution is -2.45. The van der Waals surface area contributed by atoms with Gasteiger partial charge >= 0.3 is 0 Å². The molecule has 1 fully saturated rings. The number of piperazine rings is 1. The molecule has 110 valence electrons. The zero-order valence-electron chi connectivity index (χ0n) is 11.3. The molecule has 1 atom stereocenters. The number of benzene rings is 1. The van der Waals surface area contributed by atoms with E-state index in [1.165, 1.54) is 12.1 Å². The summed E-state index contributed by atoms with van der Waals surface area (Å²) in [4.78, 5) is 2.15. The van der Waals surface area contributed by atoms with Crippen molar-refractivity contribution >= 4 is 15.9 Å². The Hall–Kier alpha value is -0.780. The van der Waals surface area contributed by atoms with Crippen LogP contribution in [-0.4, -0.2) is 31.1 Å². The summed E-state index contributed by atoms with van der Waals surface area (Å²) in [7, 11) is 0.